The number of amides is 1. The van der Waals surface area contributed by atoms with E-state index in [4.69, 9.17) is 11.6 Å². The van der Waals surface area contributed by atoms with Gasteiger partial charge in [0.25, 0.3) is 0 Å². The van der Waals surface area contributed by atoms with Gasteiger partial charge in [-0.05, 0) is 36.8 Å². The lowest BCUT2D eigenvalue weighted by atomic mass is 10.2. The number of fused-ring (bicyclic) bond motifs is 1. The molecule has 1 heterocycles. The molecule has 0 fully saturated rings. The summed E-state index contributed by atoms with van der Waals surface area (Å²) < 4.78 is 25.4. The second kappa shape index (κ2) is 8.32. The summed E-state index contributed by atoms with van der Waals surface area (Å²) in [5.41, 5.74) is 2.01. The van der Waals surface area contributed by atoms with Gasteiger partial charge in [-0.1, -0.05) is 37.1 Å². The summed E-state index contributed by atoms with van der Waals surface area (Å²) in [4.78, 5) is 17.4. The number of hydrogen-bond donors (Lipinski definition) is 1. The Kier molecular flexibility index (Phi) is 6.05. The van der Waals surface area contributed by atoms with Gasteiger partial charge in [0.05, 0.1) is 26.6 Å². The molecule has 1 aromatic heterocycles. The molecule has 28 heavy (non-hydrogen) atoms. The lowest BCUT2D eigenvalue weighted by Crippen LogP contribution is -2.20. The largest absolute Gasteiger partial charge is 0.323 e. The van der Waals surface area contributed by atoms with Crippen LogP contribution in [0.15, 0.2) is 47.4 Å². The minimum atomic E-state index is -3.40. The highest BCUT2D eigenvalue weighted by Crippen LogP contribution is 2.26. The lowest BCUT2D eigenvalue weighted by molar-refractivity contribution is -0.116. The van der Waals surface area contributed by atoms with E-state index in [1.165, 1.54) is 18.2 Å². The number of hydrogen-bond acceptors (Lipinski definition) is 4. The summed E-state index contributed by atoms with van der Waals surface area (Å²) >= 11 is 6.14. The number of rotatable bonds is 7. The van der Waals surface area contributed by atoms with Gasteiger partial charge in [-0.15, -0.1) is 0 Å². The van der Waals surface area contributed by atoms with Gasteiger partial charge in [0.15, 0.2) is 9.84 Å². The Labute approximate surface area is 169 Å². The van der Waals surface area contributed by atoms with Crippen LogP contribution in [-0.4, -0.2) is 30.1 Å². The maximum atomic E-state index is 12.7. The van der Waals surface area contributed by atoms with Crippen molar-refractivity contribution in [3.63, 3.8) is 0 Å². The molecular formula is C20H22ClN3O3S. The maximum Gasteiger partial charge on any atom is 0.244 e. The normalized spacial score (nSPS) is 11.7. The third kappa shape index (κ3) is 4.54. The Morgan fingerprint density at radius 2 is 1.96 bits per heavy atom. The molecule has 8 heteroatoms. The fraction of sp³-hybridized carbons (Fsp3) is 0.300. The third-order valence-electron chi connectivity index (χ3n) is 4.43. The number of unbranched alkanes of at least 4 members (excludes halogenated alkanes) is 1. The van der Waals surface area contributed by atoms with Crippen molar-refractivity contribution in [2.24, 2.45) is 0 Å². The van der Waals surface area contributed by atoms with Gasteiger partial charge >= 0.3 is 0 Å². The van der Waals surface area contributed by atoms with E-state index < -0.39 is 9.84 Å². The van der Waals surface area contributed by atoms with Crippen molar-refractivity contribution in [1.82, 2.24) is 9.55 Å². The molecule has 0 unspecified atom stereocenters. The van der Waals surface area contributed by atoms with Crippen molar-refractivity contribution in [3.8, 4) is 0 Å². The van der Waals surface area contributed by atoms with Crippen LogP contribution < -0.4 is 5.32 Å². The smallest absolute Gasteiger partial charge is 0.244 e. The number of anilines is 1. The van der Waals surface area contributed by atoms with E-state index in [2.05, 4.69) is 17.2 Å². The van der Waals surface area contributed by atoms with E-state index in [0.29, 0.717) is 0 Å². The quantitative estimate of drug-likeness (QED) is 0.625. The second-order valence-electron chi connectivity index (χ2n) is 6.67. The molecule has 3 rings (SSSR count). The number of aromatic nitrogens is 2. The number of halogens is 1. The summed E-state index contributed by atoms with van der Waals surface area (Å²) in [6, 6.07) is 11.9. The van der Waals surface area contributed by atoms with E-state index in [0.717, 1.165) is 42.4 Å². The Balaban J connectivity index is 1.88. The molecule has 1 N–H and O–H groups in total. The second-order valence-corrected chi connectivity index (χ2v) is 9.09. The number of carbonyl (C=O) groups excluding carboxylic acids is 1. The first-order valence-corrected chi connectivity index (χ1v) is 11.3. The topological polar surface area (TPSA) is 81.1 Å². The number of benzene rings is 2. The van der Waals surface area contributed by atoms with Crippen LogP contribution in [0.3, 0.4) is 0 Å². The van der Waals surface area contributed by atoms with Crippen LogP contribution >= 0.6 is 11.6 Å². The van der Waals surface area contributed by atoms with Crippen LogP contribution in [0.5, 0.6) is 0 Å². The van der Waals surface area contributed by atoms with E-state index in [-0.39, 0.29) is 28.1 Å². The first kappa shape index (κ1) is 20.4. The molecular weight excluding hydrogens is 398 g/mol. The van der Waals surface area contributed by atoms with Crippen LogP contribution in [0, 0.1) is 0 Å². The molecule has 148 valence electrons. The van der Waals surface area contributed by atoms with Crippen LogP contribution in [0.2, 0.25) is 5.02 Å². The number of carbonyl (C=O) groups is 1. The number of imidazole rings is 1. The zero-order valence-corrected chi connectivity index (χ0v) is 17.3. The van der Waals surface area contributed by atoms with Gasteiger partial charge in [0.1, 0.15) is 12.4 Å². The van der Waals surface area contributed by atoms with Gasteiger partial charge < -0.3 is 9.88 Å². The third-order valence-corrected chi connectivity index (χ3v) is 5.87. The average molecular weight is 420 g/mol. The number of sulfone groups is 1. The van der Waals surface area contributed by atoms with E-state index >= 15 is 0 Å². The molecule has 0 spiro atoms. The molecule has 2 aromatic carbocycles. The molecule has 6 nitrogen and oxygen atoms in total. The monoisotopic (exact) mass is 419 g/mol. The molecule has 3 aromatic rings. The van der Waals surface area contributed by atoms with Crippen molar-refractivity contribution < 1.29 is 13.2 Å². The van der Waals surface area contributed by atoms with Gasteiger partial charge in [0.2, 0.25) is 5.91 Å². The Morgan fingerprint density at radius 3 is 2.68 bits per heavy atom. The predicted octanol–water partition coefficient (Wildman–Crippen LogP) is 4.07. The van der Waals surface area contributed by atoms with E-state index in [1.807, 2.05) is 28.8 Å². The number of aryl methyl sites for hydroxylation is 1. The predicted molar refractivity (Wildman–Crippen MR) is 112 cm³/mol. The number of nitrogens with one attached hydrogen (secondary N) is 1. The SMILES string of the molecule is CCCCc1nc2ccccc2n1CC(=O)Nc1cc(S(C)(=O)=O)ccc1Cl. The first-order valence-electron chi connectivity index (χ1n) is 9.03. The highest BCUT2D eigenvalue weighted by atomic mass is 35.5. The molecule has 0 aliphatic heterocycles. The zero-order valence-electron chi connectivity index (χ0n) is 15.8. The molecule has 0 aliphatic rings. The van der Waals surface area contributed by atoms with Gasteiger partial charge in [-0.2, -0.15) is 0 Å². The fourth-order valence-electron chi connectivity index (χ4n) is 2.99. The minimum Gasteiger partial charge on any atom is -0.323 e. The number of nitrogens with zero attached hydrogens (tertiary/aromatic N) is 2. The van der Waals surface area contributed by atoms with E-state index in [1.54, 1.807) is 0 Å². The highest BCUT2D eigenvalue weighted by molar-refractivity contribution is 7.90. The Bertz CT molecular complexity index is 1120. The van der Waals surface area contributed by atoms with Crippen molar-refractivity contribution in [2.45, 2.75) is 37.6 Å². The summed E-state index contributed by atoms with van der Waals surface area (Å²) in [5.74, 6) is 0.558. The van der Waals surface area contributed by atoms with Crippen LogP contribution in [-0.2, 0) is 27.6 Å². The summed E-state index contributed by atoms with van der Waals surface area (Å²) in [5, 5.41) is 3.01. The number of para-hydroxylation sites is 2. The van der Waals surface area contributed by atoms with Crippen molar-refractivity contribution in [3.05, 3.63) is 53.3 Å². The van der Waals surface area contributed by atoms with Crippen LogP contribution in [0.25, 0.3) is 11.0 Å². The fourth-order valence-corrected chi connectivity index (χ4v) is 3.80. The molecule has 0 aliphatic carbocycles. The maximum absolute atomic E-state index is 12.7. The molecule has 0 bridgehead atoms. The van der Waals surface area contributed by atoms with Crippen molar-refractivity contribution >= 4 is 44.1 Å². The molecule has 0 atom stereocenters. The minimum absolute atomic E-state index is 0.0684. The lowest BCUT2D eigenvalue weighted by Gasteiger charge is -2.12. The molecule has 1 amide bonds. The summed E-state index contributed by atoms with van der Waals surface area (Å²) in [6.45, 7) is 2.18. The Morgan fingerprint density at radius 1 is 1.21 bits per heavy atom. The molecule has 0 saturated heterocycles. The first-order chi connectivity index (χ1) is 13.3. The van der Waals surface area contributed by atoms with E-state index in [9.17, 15) is 13.2 Å². The zero-order chi connectivity index (χ0) is 20.3. The summed E-state index contributed by atoms with van der Waals surface area (Å²) in [6.07, 6.45) is 3.90. The van der Waals surface area contributed by atoms with Crippen molar-refractivity contribution in [1.29, 1.82) is 0 Å². The average Bonchev–Trinajstić information content (AvgIpc) is 2.98. The van der Waals surface area contributed by atoms with Crippen LogP contribution in [0.4, 0.5) is 5.69 Å². The Hall–Kier alpha value is -2.38. The molecule has 0 radical (unpaired) electrons. The van der Waals surface area contributed by atoms with Gasteiger partial charge in [-0.25, -0.2) is 13.4 Å². The van der Waals surface area contributed by atoms with Gasteiger partial charge in [-0.3, -0.25) is 4.79 Å². The van der Waals surface area contributed by atoms with Crippen molar-refractivity contribution in [2.75, 3.05) is 11.6 Å². The highest BCUT2D eigenvalue weighted by Gasteiger charge is 2.16. The van der Waals surface area contributed by atoms with Crippen LogP contribution in [0.1, 0.15) is 25.6 Å². The van der Waals surface area contributed by atoms with Gasteiger partial charge in [0, 0.05) is 12.7 Å². The standard InChI is InChI=1S/C20H22ClN3O3S/c1-3-4-9-19-22-16-7-5-6-8-18(16)24(19)13-20(25)23-17-12-14(28(2,26)27)10-11-15(17)21/h5-8,10-12H,3-4,9,13H2,1-2H3,(H,23,25). The summed E-state index contributed by atoms with van der Waals surface area (Å²) in [7, 11) is -3.40. The molecule has 0 saturated carbocycles.